The van der Waals surface area contributed by atoms with Gasteiger partial charge in [-0.2, -0.15) is 0 Å². The van der Waals surface area contributed by atoms with Crippen LogP contribution in [0.25, 0.3) is 0 Å². The summed E-state index contributed by atoms with van der Waals surface area (Å²) < 4.78 is 0. The maximum absolute atomic E-state index is 2.54. The highest BCUT2D eigenvalue weighted by Gasteiger charge is 2.39. The molecule has 0 amide bonds. The summed E-state index contributed by atoms with van der Waals surface area (Å²) in [6.07, 6.45) is 8.48. The minimum absolute atomic E-state index is 0.0315. The third-order valence-corrected chi connectivity index (χ3v) is 14.8. The van der Waals surface area contributed by atoms with Gasteiger partial charge in [0.15, 0.2) is 0 Å². The zero-order valence-corrected chi connectivity index (χ0v) is 20.4. The van der Waals surface area contributed by atoms with Crippen molar-refractivity contribution < 1.29 is 0 Å². The van der Waals surface area contributed by atoms with Crippen LogP contribution in [-0.2, 0) is 0 Å². The van der Waals surface area contributed by atoms with E-state index in [1.807, 2.05) is 0 Å². The van der Waals surface area contributed by atoms with Crippen LogP contribution in [0.2, 0.25) is 0 Å². The lowest BCUT2D eigenvalue weighted by atomic mass is 10.0. The standard InChI is InChI=1S/C29H34P2/c1-23-17-18-27(24-11-5-2-6-12-24)30(23)21-22-31-28(25-13-7-3-8-14-25)19-20-29(31)26-15-9-4-10-16-26/h2-16,23,27-29H,17-22H2,1H3/t23?,27-,28-,29?,30?,31?/m1/s1. The van der Waals surface area contributed by atoms with Crippen molar-refractivity contribution in [1.82, 2.24) is 0 Å². The molecule has 160 valence electrons. The Hall–Kier alpha value is -1.48. The predicted molar refractivity (Wildman–Crippen MR) is 139 cm³/mol. The molecule has 2 saturated heterocycles. The Balaban J connectivity index is 1.38. The maximum atomic E-state index is 2.54. The van der Waals surface area contributed by atoms with E-state index in [1.54, 1.807) is 16.7 Å². The molecule has 3 aromatic rings. The van der Waals surface area contributed by atoms with Crippen molar-refractivity contribution in [1.29, 1.82) is 0 Å². The summed E-state index contributed by atoms with van der Waals surface area (Å²) in [6, 6.07) is 34.3. The first-order chi connectivity index (χ1) is 15.3. The molecule has 31 heavy (non-hydrogen) atoms. The van der Waals surface area contributed by atoms with Gasteiger partial charge in [0.1, 0.15) is 0 Å². The number of hydrogen-bond acceptors (Lipinski definition) is 0. The Morgan fingerprint density at radius 1 is 0.516 bits per heavy atom. The van der Waals surface area contributed by atoms with Gasteiger partial charge in [-0.05, 0) is 60.4 Å². The van der Waals surface area contributed by atoms with Crippen LogP contribution in [0.5, 0.6) is 0 Å². The first-order valence-electron chi connectivity index (χ1n) is 12.0. The van der Waals surface area contributed by atoms with Gasteiger partial charge in [-0.3, -0.25) is 0 Å². The van der Waals surface area contributed by atoms with E-state index in [0.29, 0.717) is 0 Å². The molecule has 0 aliphatic carbocycles. The van der Waals surface area contributed by atoms with Gasteiger partial charge in [-0.1, -0.05) is 114 Å². The summed E-state index contributed by atoms with van der Waals surface area (Å²) in [4.78, 5) is 0. The third-order valence-electron chi connectivity index (χ3n) is 7.51. The molecule has 2 heterocycles. The summed E-state index contributed by atoms with van der Waals surface area (Å²) in [5.74, 6) is 0. The van der Waals surface area contributed by atoms with Gasteiger partial charge in [0.05, 0.1) is 0 Å². The lowest BCUT2D eigenvalue weighted by Crippen LogP contribution is -2.05. The number of rotatable bonds is 6. The van der Waals surface area contributed by atoms with Gasteiger partial charge in [0.25, 0.3) is 0 Å². The highest BCUT2D eigenvalue weighted by atomic mass is 31.1. The van der Waals surface area contributed by atoms with Gasteiger partial charge in [-0.25, -0.2) is 0 Å². The molecule has 0 bridgehead atoms. The van der Waals surface area contributed by atoms with Crippen molar-refractivity contribution in [2.45, 2.75) is 55.2 Å². The number of hydrogen-bond donors (Lipinski definition) is 0. The molecule has 3 aromatic carbocycles. The first-order valence-corrected chi connectivity index (χ1v) is 15.3. The third kappa shape index (κ3) is 4.67. The number of benzene rings is 3. The molecule has 2 heteroatoms. The molecule has 0 spiro atoms. The fourth-order valence-electron chi connectivity index (χ4n) is 5.92. The SMILES string of the molecule is CC1CC[C@H](c2ccccc2)P1CCP1C(c2ccccc2)CC[C@@H]1c1ccccc1. The van der Waals surface area contributed by atoms with E-state index >= 15 is 0 Å². The molecule has 0 N–H and O–H groups in total. The Kier molecular flexibility index (Phi) is 6.88. The van der Waals surface area contributed by atoms with Crippen molar-refractivity contribution in [3.8, 4) is 0 Å². The van der Waals surface area contributed by atoms with Crippen LogP contribution in [0.3, 0.4) is 0 Å². The van der Waals surface area contributed by atoms with E-state index in [1.165, 1.54) is 38.0 Å². The minimum atomic E-state index is -0.0315. The predicted octanol–water partition coefficient (Wildman–Crippen LogP) is 9.15. The van der Waals surface area contributed by atoms with E-state index in [9.17, 15) is 0 Å². The van der Waals surface area contributed by atoms with Crippen molar-refractivity contribution in [3.05, 3.63) is 108 Å². The Morgan fingerprint density at radius 2 is 0.871 bits per heavy atom. The lowest BCUT2D eigenvalue weighted by Gasteiger charge is -2.31. The van der Waals surface area contributed by atoms with Crippen molar-refractivity contribution in [3.63, 3.8) is 0 Å². The van der Waals surface area contributed by atoms with E-state index < -0.39 is 0 Å². The monoisotopic (exact) mass is 444 g/mol. The van der Waals surface area contributed by atoms with Crippen LogP contribution in [-0.4, -0.2) is 18.0 Å². The molecule has 4 unspecified atom stereocenters. The quantitative estimate of drug-likeness (QED) is 0.333. The normalized spacial score (nSPS) is 30.5. The molecular weight excluding hydrogens is 410 g/mol. The van der Waals surface area contributed by atoms with Crippen LogP contribution in [0, 0.1) is 0 Å². The Labute approximate surface area is 191 Å². The summed E-state index contributed by atoms with van der Waals surface area (Å²) in [5, 5.41) is 0. The fraction of sp³-hybridized carbons (Fsp3) is 0.379. The average molecular weight is 445 g/mol. The van der Waals surface area contributed by atoms with Gasteiger partial charge in [0.2, 0.25) is 0 Å². The summed E-state index contributed by atoms with van der Waals surface area (Å²) >= 11 is 0. The maximum Gasteiger partial charge on any atom is 0.00477 e. The van der Waals surface area contributed by atoms with Crippen LogP contribution in [0.15, 0.2) is 91.0 Å². The smallest absolute Gasteiger partial charge is 0.00477 e. The van der Waals surface area contributed by atoms with Crippen molar-refractivity contribution in [2.24, 2.45) is 0 Å². The lowest BCUT2D eigenvalue weighted by molar-refractivity contribution is 0.765. The molecule has 0 nitrogen and oxygen atoms in total. The van der Waals surface area contributed by atoms with E-state index in [0.717, 1.165) is 22.6 Å². The molecular formula is C29H34P2. The molecule has 0 saturated carbocycles. The molecule has 6 atom stereocenters. The fourth-order valence-corrected chi connectivity index (χ4v) is 13.8. The summed E-state index contributed by atoms with van der Waals surface area (Å²) in [5.41, 5.74) is 8.11. The van der Waals surface area contributed by atoms with Crippen LogP contribution in [0.4, 0.5) is 0 Å². The molecule has 0 radical (unpaired) electrons. The second-order valence-electron chi connectivity index (χ2n) is 9.26. The van der Waals surface area contributed by atoms with Gasteiger partial charge >= 0.3 is 0 Å². The zero-order valence-electron chi connectivity index (χ0n) is 18.6. The van der Waals surface area contributed by atoms with Gasteiger partial charge < -0.3 is 0 Å². The Morgan fingerprint density at radius 3 is 1.32 bits per heavy atom. The minimum Gasteiger partial charge on any atom is -0.0958 e. The molecule has 2 fully saturated rings. The van der Waals surface area contributed by atoms with Crippen molar-refractivity contribution in [2.75, 3.05) is 12.3 Å². The first kappa shape index (κ1) is 21.4. The largest absolute Gasteiger partial charge is 0.0958 e. The highest BCUT2D eigenvalue weighted by Crippen LogP contribution is 2.72. The zero-order chi connectivity index (χ0) is 21.0. The molecule has 5 rings (SSSR count). The van der Waals surface area contributed by atoms with Gasteiger partial charge in [0, 0.05) is 17.0 Å². The van der Waals surface area contributed by atoms with Crippen LogP contribution >= 0.6 is 15.8 Å². The Bertz CT molecular complexity index is 893. The second-order valence-corrected chi connectivity index (χ2v) is 15.0. The van der Waals surface area contributed by atoms with Gasteiger partial charge in [-0.15, -0.1) is 0 Å². The van der Waals surface area contributed by atoms with Crippen molar-refractivity contribution >= 4 is 15.8 Å². The second kappa shape index (κ2) is 9.98. The highest BCUT2D eigenvalue weighted by molar-refractivity contribution is 7.63. The van der Waals surface area contributed by atoms with E-state index in [4.69, 9.17) is 0 Å². The topological polar surface area (TPSA) is 0 Å². The average Bonchev–Trinajstić information content (AvgIpc) is 3.42. The molecule has 2 aliphatic rings. The summed E-state index contributed by atoms with van der Waals surface area (Å²) in [6.45, 7) is 2.54. The summed E-state index contributed by atoms with van der Waals surface area (Å²) in [7, 11) is 0.0466. The van der Waals surface area contributed by atoms with E-state index in [2.05, 4.69) is 97.9 Å². The van der Waals surface area contributed by atoms with Crippen LogP contribution < -0.4 is 0 Å². The molecule has 0 aromatic heterocycles. The van der Waals surface area contributed by atoms with Crippen LogP contribution in [0.1, 0.15) is 66.3 Å². The van der Waals surface area contributed by atoms with E-state index in [-0.39, 0.29) is 15.8 Å². The molecule has 2 aliphatic heterocycles.